The van der Waals surface area contributed by atoms with Crippen LogP contribution in [0.4, 0.5) is 4.39 Å². The summed E-state index contributed by atoms with van der Waals surface area (Å²) in [5.74, 6) is -2.49. The van der Waals surface area contributed by atoms with Crippen LogP contribution in [-0.2, 0) is 14.3 Å². The summed E-state index contributed by atoms with van der Waals surface area (Å²) in [7, 11) is 0. The molecule has 0 aliphatic heterocycles. The molecule has 0 unspecified atom stereocenters. The van der Waals surface area contributed by atoms with Crippen molar-refractivity contribution >= 4 is 35.0 Å². The molecular weight excluding hydrogens is 322 g/mol. The van der Waals surface area contributed by atoms with E-state index in [-0.39, 0.29) is 34.4 Å². The number of carbonyl (C=O) groups is 2. The van der Waals surface area contributed by atoms with E-state index in [1.54, 1.807) is 13.8 Å². The first kappa shape index (κ1) is 17.5. The van der Waals surface area contributed by atoms with Gasteiger partial charge < -0.3 is 9.47 Å². The lowest BCUT2D eigenvalue weighted by molar-refractivity contribution is -0.138. The Morgan fingerprint density at radius 2 is 1.86 bits per heavy atom. The Bertz CT molecular complexity index is 585. The molecule has 0 saturated carbocycles. The SMILES string of the molecule is CCOC=C(C(=O)OCC)C(=O)c1cc(F)c(Cl)cc1Cl. The van der Waals surface area contributed by atoms with Crippen LogP contribution in [0.25, 0.3) is 0 Å². The molecule has 0 saturated heterocycles. The Labute approximate surface area is 131 Å². The third-order valence-electron chi connectivity index (χ3n) is 2.36. The van der Waals surface area contributed by atoms with Crippen LogP contribution in [0, 0.1) is 5.82 Å². The van der Waals surface area contributed by atoms with Crippen LogP contribution >= 0.6 is 23.2 Å². The number of Topliss-reactive ketones (excluding diaryl/α,β-unsaturated/α-hetero) is 1. The first-order valence-electron chi connectivity index (χ1n) is 6.10. The number of ether oxygens (including phenoxy) is 2. The van der Waals surface area contributed by atoms with Gasteiger partial charge in [0.25, 0.3) is 0 Å². The first-order valence-corrected chi connectivity index (χ1v) is 6.86. The van der Waals surface area contributed by atoms with Crippen LogP contribution in [0.1, 0.15) is 24.2 Å². The van der Waals surface area contributed by atoms with Gasteiger partial charge in [0, 0.05) is 5.56 Å². The van der Waals surface area contributed by atoms with E-state index < -0.39 is 17.6 Å². The van der Waals surface area contributed by atoms with Crippen molar-refractivity contribution in [2.24, 2.45) is 0 Å². The molecule has 0 spiro atoms. The summed E-state index contributed by atoms with van der Waals surface area (Å²) in [4.78, 5) is 24.1. The Morgan fingerprint density at radius 1 is 1.19 bits per heavy atom. The molecule has 114 valence electrons. The fraction of sp³-hybridized carbons (Fsp3) is 0.286. The monoisotopic (exact) mass is 334 g/mol. The number of ketones is 1. The molecule has 0 aromatic heterocycles. The van der Waals surface area contributed by atoms with Crippen molar-refractivity contribution in [1.29, 1.82) is 0 Å². The second-order valence-corrected chi connectivity index (χ2v) is 4.60. The van der Waals surface area contributed by atoms with Crippen LogP contribution < -0.4 is 0 Å². The number of esters is 1. The van der Waals surface area contributed by atoms with Crippen molar-refractivity contribution < 1.29 is 23.5 Å². The number of rotatable bonds is 6. The van der Waals surface area contributed by atoms with E-state index >= 15 is 0 Å². The zero-order valence-corrected chi connectivity index (χ0v) is 12.9. The van der Waals surface area contributed by atoms with E-state index in [1.165, 1.54) is 0 Å². The predicted octanol–water partition coefficient (Wildman–Crippen LogP) is 3.80. The maximum absolute atomic E-state index is 13.5. The van der Waals surface area contributed by atoms with E-state index in [9.17, 15) is 14.0 Å². The third-order valence-corrected chi connectivity index (χ3v) is 2.96. The Hall–Kier alpha value is -1.59. The van der Waals surface area contributed by atoms with Gasteiger partial charge in [-0.15, -0.1) is 0 Å². The van der Waals surface area contributed by atoms with E-state index in [0.717, 1.165) is 18.4 Å². The predicted molar refractivity (Wildman–Crippen MR) is 77.1 cm³/mol. The molecule has 0 bridgehead atoms. The molecular formula is C14H13Cl2FO4. The Kier molecular flexibility index (Phi) is 6.65. The minimum atomic E-state index is -0.873. The second kappa shape index (κ2) is 8.00. The molecule has 0 N–H and O–H groups in total. The number of hydrogen-bond donors (Lipinski definition) is 0. The number of carbonyl (C=O) groups excluding carboxylic acids is 2. The highest BCUT2D eigenvalue weighted by atomic mass is 35.5. The third kappa shape index (κ3) is 4.44. The Morgan fingerprint density at radius 3 is 2.43 bits per heavy atom. The topological polar surface area (TPSA) is 52.6 Å². The van der Waals surface area contributed by atoms with Gasteiger partial charge in [0.05, 0.1) is 23.3 Å². The smallest absolute Gasteiger partial charge is 0.345 e. The normalized spacial score (nSPS) is 11.2. The van der Waals surface area contributed by atoms with E-state index in [0.29, 0.717) is 0 Å². The summed E-state index contributed by atoms with van der Waals surface area (Å²) in [6, 6.07) is 1.96. The fourth-order valence-corrected chi connectivity index (χ4v) is 1.88. The summed E-state index contributed by atoms with van der Waals surface area (Å²) in [6.07, 6.45) is 0.975. The van der Waals surface area contributed by atoms with Crippen LogP contribution in [0.15, 0.2) is 24.0 Å². The highest BCUT2D eigenvalue weighted by Crippen LogP contribution is 2.26. The van der Waals surface area contributed by atoms with Crippen molar-refractivity contribution in [3.63, 3.8) is 0 Å². The summed E-state index contributed by atoms with van der Waals surface area (Å²) in [5.41, 5.74) is -0.570. The molecule has 21 heavy (non-hydrogen) atoms. The zero-order chi connectivity index (χ0) is 16.0. The lowest BCUT2D eigenvalue weighted by Gasteiger charge is -2.08. The van der Waals surface area contributed by atoms with E-state index in [4.69, 9.17) is 32.7 Å². The molecule has 1 rings (SSSR count). The van der Waals surface area contributed by atoms with Crippen LogP contribution in [0.5, 0.6) is 0 Å². The number of halogens is 3. The van der Waals surface area contributed by atoms with Crippen LogP contribution in [-0.4, -0.2) is 25.0 Å². The maximum Gasteiger partial charge on any atom is 0.345 e. The minimum absolute atomic E-state index is 0.0712. The molecule has 0 heterocycles. The molecule has 0 aliphatic carbocycles. The van der Waals surface area contributed by atoms with E-state index in [1.807, 2.05) is 0 Å². The molecule has 1 aromatic rings. The average Bonchev–Trinajstić information content (AvgIpc) is 2.43. The largest absolute Gasteiger partial charge is 0.500 e. The van der Waals surface area contributed by atoms with Crippen molar-refractivity contribution in [2.45, 2.75) is 13.8 Å². The van der Waals surface area contributed by atoms with Gasteiger partial charge in [-0.3, -0.25) is 4.79 Å². The molecule has 0 fully saturated rings. The summed E-state index contributed by atoms with van der Waals surface area (Å²) >= 11 is 11.4. The molecule has 0 radical (unpaired) electrons. The second-order valence-electron chi connectivity index (χ2n) is 3.78. The fourth-order valence-electron chi connectivity index (χ4n) is 1.41. The number of benzene rings is 1. The highest BCUT2D eigenvalue weighted by molar-refractivity contribution is 6.39. The molecule has 0 atom stereocenters. The van der Waals surface area contributed by atoms with Gasteiger partial charge in [-0.2, -0.15) is 0 Å². The molecule has 7 heteroatoms. The molecule has 4 nitrogen and oxygen atoms in total. The summed E-state index contributed by atoms with van der Waals surface area (Å²) in [6.45, 7) is 3.60. The van der Waals surface area contributed by atoms with Crippen molar-refractivity contribution in [3.05, 3.63) is 45.4 Å². The van der Waals surface area contributed by atoms with Gasteiger partial charge in [-0.05, 0) is 26.0 Å². The standard InChI is InChI=1S/C14H13Cl2FO4/c1-3-20-7-9(14(19)21-4-2)13(18)8-5-12(17)11(16)6-10(8)15/h5-7H,3-4H2,1-2H3. The summed E-state index contributed by atoms with van der Waals surface area (Å²) in [5, 5.41) is -0.291. The molecule has 1 aromatic carbocycles. The minimum Gasteiger partial charge on any atom is -0.500 e. The lowest BCUT2D eigenvalue weighted by atomic mass is 10.0. The zero-order valence-electron chi connectivity index (χ0n) is 11.4. The van der Waals surface area contributed by atoms with Gasteiger partial charge >= 0.3 is 5.97 Å². The van der Waals surface area contributed by atoms with Gasteiger partial charge in [-0.25, -0.2) is 9.18 Å². The van der Waals surface area contributed by atoms with Gasteiger partial charge in [0.15, 0.2) is 0 Å². The van der Waals surface area contributed by atoms with Gasteiger partial charge in [-0.1, -0.05) is 23.2 Å². The van der Waals surface area contributed by atoms with Crippen molar-refractivity contribution in [1.82, 2.24) is 0 Å². The van der Waals surface area contributed by atoms with Crippen molar-refractivity contribution in [3.8, 4) is 0 Å². The highest BCUT2D eigenvalue weighted by Gasteiger charge is 2.25. The average molecular weight is 335 g/mol. The quantitative estimate of drug-likeness (QED) is 0.151. The van der Waals surface area contributed by atoms with Crippen LogP contribution in [0.3, 0.4) is 0 Å². The molecule has 0 amide bonds. The maximum atomic E-state index is 13.5. The number of hydrogen-bond acceptors (Lipinski definition) is 4. The van der Waals surface area contributed by atoms with E-state index in [2.05, 4.69) is 0 Å². The van der Waals surface area contributed by atoms with Gasteiger partial charge in [0.1, 0.15) is 17.7 Å². The molecule has 0 aliphatic rings. The first-order chi connectivity index (χ1) is 9.92. The Balaban J connectivity index is 3.23. The van der Waals surface area contributed by atoms with Crippen LogP contribution in [0.2, 0.25) is 10.0 Å². The van der Waals surface area contributed by atoms with Crippen molar-refractivity contribution in [2.75, 3.05) is 13.2 Å². The summed E-state index contributed by atoms with van der Waals surface area (Å²) < 4.78 is 23.2. The lowest BCUT2D eigenvalue weighted by Crippen LogP contribution is -2.17. The van der Waals surface area contributed by atoms with Gasteiger partial charge in [0.2, 0.25) is 5.78 Å².